The SMILES string of the molecule is CC1CN(CCC(=O)NC2CC2)CC(C)O1. The summed E-state index contributed by atoms with van der Waals surface area (Å²) in [5, 5.41) is 3.02. The fourth-order valence-corrected chi connectivity index (χ4v) is 2.25. The summed E-state index contributed by atoms with van der Waals surface area (Å²) in [4.78, 5) is 13.9. The van der Waals surface area contributed by atoms with Crippen LogP contribution in [0, 0.1) is 0 Å². The molecule has 0 aromatic rings. The van der Waals surface area contributed by atoms with E-state index in [0.717, 1.165) is 32.5 Å². The molecule has 2 fully saturated rings. The summed E-state index contributed by atoms with van der Waals surface area (Å²) in [5.74, 6) is 0.203. The second-order valence-electron chi connectivity index (χ2n) is 5.11. The van der Waals surface area contributed by atoms with Crippen LogP contribution in [-0.2, 0) is 9.53 Å². The minimum atomic E-state index is 0.203. The molecule has 4 heteroatoms. The molecule has 4 nitrogen and oxygen atoms in total. The highest BCUT2D eigenvalue weighted by Crippen LogP contribution is 2.18. The lowest BCUT2D eigenvalue weighted by atomic mass is 10.2. The quantitative estimate of drug-likeness (QED) is 0.769. The van der Waals surface area contributed by atoms with Crippen molar-refractivity contribution in [3.05, 3.63) is 0 Å². The smallest absolute Gasteiger partial charge is 0.221 e. The molecule has 1 heterocycles. The summed E-state index contributed by atoms with van der Waals surface area (Å²) in [6, 6.07) is 0.482. The lowest BCUT2D eigenvalue weighted by Crippen LogP contribution is -2.46. The molecule has 0 aromatic carbocycles. The molecule has 1 saturated heterocycles. The van der Waals surface area contributed by atoms with Crippen LogP contribution in [-0.4, -0.2) is 48.7 Å². The molecule has 2 atom stereocenters. The zero-order valence-electron chi connectivity index (χ0n) is 10.2. The van der Waals surface area contributed by atoms with E-state index in [1.807, 2.05) is 0 Å². The standard InChI is InChI=1S/C12H22N2O2/c1-9-7-14(8-10(2)16-9)6-5-12(15)13-11-3-4-11/h9-11H,3-8H2,1-2H3,(H,13,15). The molecule has 1 amide bonds. The van der Waals surface area contributed by atoms with Crippen molar-refractivity contribution in [3.8, 4) is 0 Å². The van der Waals surface area contributed by atoms with E-state index in [-0.39, 0.29) is 18.1 Å². The summed E-state index contributed by atoms with van der Waals surface area (Å²) in [7, 11) is 0. The van der Waals surface area contributed by atoms with Gasteiger partial charge in [0.15, 0.2) is 0 Å². The number of hydrogen-bond acceptors (Lipinski definition) is 3. The average molecular weight is 226 g/mol. The van der Waals surface area contributed by atoms with Crippen molar-refractivity contribution in [2.24, 2.45) is 0 Å². The summed E-state index contributed by atoms with van der Waals surface area (Å²) < 4.78 is 5.66. The predicted octanol–water partition coefficient (Wildman–Crippen LogP) is 0.764. The lowest BCUT2D eigenvalue weighted by Gasteiger charge is -2.35. The predicted molar refractivity (Wildman–Crippen MR) is 62.2 cm³/mol. The van der Waals surface area contributed by atoms with Gasteiger partial charge >= 0.3 is 0 Å². The maximum absolute atomic E-state index is 11.5. The zero-order valence-corrected chi connectivity index (χ0v) is 10.2. The number of morpholine rings is 1. The molecule has 0 bridgehead atoms. The molecule has 0 aromatic heterocycles. The van der Waals surface area contributed by atoms with Gasteiger partial charge < -0.3 is 10.1 Å². The third-order valence-electron chi connectivity index (χ3n) is 3.09. The number of rotatable bonds is 4. The third-order valence-corrected chi connectivity index (χ3v) is 3.09. The van der Waals surface area contributed by atoms with Gasteiger partial charge in [0, 0.05) is 32.1 Å². The summed E-state index contributed by atoms with van der Waals surface area (Å²) in [6.07, 6.45) is 3.52. The molecular weight excluding hydrogens is 204 g/mol. The Hall–Kier alpha value is -0.610. The van der Waals surface area contributed by atoms with E-state index in [1.165, 1.54) is 0 Å². The van der Waals surface area contributed by atoms with Crippen molar-refractivity contribution in [1.29, 1.82) is 0 Å². The van der Waals surface area contributed by atoms with E-state index in [9.17, 15) is 4.79 Å². The Morgan fingerprint density at radius 1 is 1.31 bits per heavy atom. The fourth-order valence-electron chi connectivity index (χ4n) is 2.25. The number of nitrogens with zero attached hydrogens (tertiary/aromatic N) is 1. The number of nitrogens with one attached hydrogen (secondary N) is 1. The van der Waals surface area contributed by atoms with E-state index in [4.69, 9.17) is 4.74 Å². The number of carbonyl (C=O) groups is 1. The minimum absolute atomic E-state index is 0.203. The first-order chi connectivity index (χ1) is 7.63. The Bertz CT molecular complexity index is 243. The van der Waals surface area contributed by atoms with Gasteiger partial charge in [0.25, 0.3) is 0 Å². The van der Waals surface area contributed by atoms with Gasteiger partial charge in [-0.2, -0.15) is 0 Å². The summed E-state index contributed by atoms with van der Waals surface area (Å²) in [5.41, 5.74) is 0. The number of carbonyl (C=O) groups excluding carboxylic acids is 1. The van der Waals surface area contributed by atoms with Crippen LogP contribution in [0.4, 0.5) is 0 Å². The van der Waals surface area contributed by atoms with Crippen LogP contribution in [0.3, 0.4) is 0 Å². The molecule has 0 radical (unpaired) electrons. The fraction of sp³-hybridized carbons (Fsp3) is 0.917. The Labute approximate surface area is 97.3 Å². The van der Waals surface area contributed by atoms with Crippen molar-refractivity contribution in [2.45, 2.75) is 51.4 Å². The molecule has 2 unspecified atom stereocenters. The van der Waals surface area contributed by atoms with Crippen molar-refractivity contribution >= 4 is 5.91 Å². The van der Waals surface area contributed by atoms with Crippen LogP contribution in [0.15, 0.2) is 0 Å². The van der Waals surface area contributed by atoms with Gasteiger partial charge in [0.2, 0.25) is 5.91 Å². The third kappa shape index (κ3) is 3.76. The molecular formula is C12H22N2O2. The Morgan fingerprint density at radius 3 is 2.50 bits per heavy atom. The Morgan fingerprint density at radius 2 is 1.94 bits per heavy atom. The summed E-state index contributed by atoms with van der Waals surface area (Å²) >= 11 is 0. The molecule has 16 heavy (non-hydrogen) atoms. The van der Waals surface area contributed by atoms with Crippen LogP contribution in [0.2, 0.25) is 0 Å². The molecule has 2 aliphatic rings. The lowest BCUT2D eigenvalue weighted by molar-refractivity contribution is -0.122. The van der Waals surface area contributed by atoms with Crippen LogP contribution in [0.25, 0.3) is 0 Å². The first kappa shape index (κ1) is 11.9. The second-order valence-corrected chi connectivity index (χ2v) is 5.11. The number of hydrogen-bond donors (Lipinski definition) is 1. The van der Waals surface area contributed by atoms with Gasteiger partial charge in [-0.15, -0.1) is 0 Å². The molecule has 92 valence electrons. The van der Waals surface area contributed by atoms with Gasteiger partial charge in [0.1, 0.15) is 0 Å². The van der Waals surface area contributed by atoms with Crippen molar-refractivity contribution < 1.29 is 9.53 Å². The zero-order chi connectivity index (χ0) is 11.5. The van der Waals surface area contributed by atoms with Crippen molar-refractivity contribution in [3.63, 3.8) is 0 Å². The first-order valence-corrected chi connectivity index (χ1v) is 6.30. The van der Waals surface area contributed by atoms with E-state index in [0.29, 0.717) is 12.5 Å². The molecule has 1 aliphatic carbocycles. The van der Waals surface area contributed by atoms with Gasteiger partial charge in [-0.05, 0) is 26.7 Å². The van der Waals surface area contributed by atoms with Crippen LogP contribution < -0.4 is 5.32 Å². The van der Waals surface area contributed by atoms with E-state index >= 15 is 0 Å². The van der Waals surface area contributed by atoms with Gasteiger partial charge in [-0.3, -0.25) is 9.69 Å². The van der Waals surface area contributed by atoms with Gasteiger partial charge in [-0.1, -0.05) is 0 Å². The van der Waals surface area contributed by atoms with E-state index in [1.54, 1.807) is 0 Å². The molecule has 1 aliphatic heterocycles. The number of ether oxygens (including phenoxy) is 1. The first-order valence-electron chi connectivity index (χ1n) is 6.30. The average Bonchev–Trinajstić information content (AvgIpc) is 2.97. The van der Waals surface area contributed by atoms with Crippen LogP contribution in [0.1, 0.15) is 33.1 Å². The molecule has 1 N–H and O–H groups in total. The number of amides is 1. The van der Waals surface area contributed by atoms with Gasteiger partial charge in [0.05, 0.1) is 12.2 Å². The van der Waals surface area contributed by atoms with Crippen LogP contribution >= 0.6 is 0 Å². The monoisotopic (exact) mass is 226 g/mol. The normalized spacial score (nSPS) is 31.4. The highest BCUT2D eigenvalue weighted by atomic mass is 16.5. The van der Waals surface area contributed by atoms with Crippen LogP contribution in [0.5, 0.6) is 0 Å². The summed E-state index contributed by atoms with van der Waals surface area (Å²) in [6.45, 7) is 6.93. The molecule has 0 spiro atoms. The molecule has 1 saturated carbocycles. The van der Waals surface area contributed by atoms with Gasteiger partial charge in [-0.25, -0.2) is 0 Å². The minimum Gasteiger partial charge on any atom is -0.373 e. The van der Waals surface area contributed by atoms with Crippen molar-refractivity contribution in [1.82, 2.24) is 10.2 Å². The maximum atomic E-state index is 11.5. The Balaban J connectivity index is 1.65. The van der Waals surface area contributed by atoms with Crippen molar-refractivity contribution in [2.75, 3.05) is 19.6 Å². The highest BCUT2D eigenvalue weighted by molar-refractivity contribution is 5.76. The Kier molecular flexibility index (Phi) is 3.82. The maximum Gasteiger partial charge on any atom is 0.221 e. The highest BCUT2D eigenvalue weighted by Gasteiger charge is 2.25. The largest absolute Gasteiger partial charge is 0.373 e. The molecule has 2 rings (SSSR count). The second kappa shape index (κ2) is 5.15. The van der Waals surface area contributed by atoms with E-state index < -0.39 is 0 Å². The topological polar surface area (TPSA) is 41.6 Å². The van der Waals surface area contributed by atoms with E-state index in [2.05, 4.69) is 24.1 Å².